The number of hydrogen-bond donors (Lipinski definition) is 0. The SMILES string of the molecule is C=CCOc1c(Br)cc([C@H](C[N+](=O)[O-])Sc2nnc(C)n2-c2ccc(OC)cc2)cc1OCC. The Morgan fingerprint density at radius 2 is 2.00 bits per heavy atom. The van der Waals surface area contributed by atoms with Crippen LogP contribution < -0.4 is 14.2 Å². The number of halogens is 1. The van der Waals surface area contributed by atoms with Crippen LogP contribution in [0.1, 0.15) is 23.6 Å². The quantitative estimate of drug-likeness (QED) is 0.128. The molecule has 0 aliphatic heterocycles. The van der Waals surface area contributed by atoms with E-state index in [9.17, 15) is 10.1 Å². The Morgan fingerprint density at radius 3 is 2.62 bits per heavy atom. The minimum atomic E-state index is -0.556. The number of hydrogen-bond acceptors (Lipinski definition) is 8. The molecule has 0 saturated carbocycles. The summed E-state index contributed by atoms with van der Waals surface area (Å²) in [6.07, 6.45) is 1.63. The molecule has 2 aromatic carbocycles. The predicted octanol–water partition coefficient (Wildman–Crippen LogP) is 5.42. The fourth-order valence-electron chi connectivity index (χ4n) is 3.24. The van der Waals surface area contributed by atoms with Gasteiger partial charge in [0.2, 0.25) is 6.54 Å². The molecule has 3 aromatic rings. The lowest BCUT2D eigenvalue weighted by molar-refractivity contribution is -0.479. The number of aryl methyl sites for hydroxylation is 1. The Kier molecular flexibility index (Phi) is 8.94. The molecule has 0 N–H and O–H groups in total. The van der Waals surface area contributed by atoms with Crippen molar-refractivity contribution >= 4 is 27.7 Å². The van der Waals surface area contributed by atoms with E-state index in [0.29, 0.717) is 45.7 Å². The lowest BCUT2D eigenvalue weighted by atomic mass is 10.1. The van der Waals surface area contributed by atoms with Crippen LogP contribution in [0.15, 0.2) is 58.7 Å². The minimum Gasteiger partial charge on any atom is -0.497 e. The summed E-state index contributed by atoms with van der Waals surface area (Å²) in [5.41, 5.74) is 1.53. The fraction of sp³-hybridized carbons (Fsp3) is 0.304. The molecule has 0 radical (unpaired) electrons. The van der Waals surface area contributed by atoms with E-state index < -0.39 is 5.25 Å². The molecule has 34 heavy (non-hydrogen) atoms. The van der Waals surface area contributed by atoms with E-state index in [4.69, 9.17) is 14.2 Å². The van der Waals surface area contributed by atoms with E-state index in [1.165, 1.54) is 11.8 Å². The van der Waals surface area contributed by atoms with E-state index in [1.807, 2.05) is 48.7 Å². The van der Waals surface area contributed by atoms with Gasteiger partial charge in [-0.05, 0) is 71.7 Å². The van der Waals surface area contributed by atoms with Gasteiger partial charge in [0.05, 0.1) is 18.2 Å². The van der Waals surface area contributed by atoms with Crippen molar-refractivity contribution in [2.75, 3.05) is 26.9 Å². The smallest absolute Gasteiger partial charge is 0.220 e. The molecule has 180 valence electrons. The van der Waals surface area contributed by atoms with Crippen molar-refractivity contribution in [2.45, 2.75) is 24.3 Å². The molecule has 0 bridgehead atoms. The molecular formula is C23H25BrN4O5S. The number of methoxy groups -OCH3 is 1. The standard InChI is InChI=1S/C23H25BrN4O5S/c1-5-11-33-22-19(24)12-16(13-20(22)32-6-2)21(14-27(29)30)34-23-26-25-15(3)28(23)17-7-9-18(31-4)10-8-17/h5,7-10,12-13,21H,1,6,11,14H2,2-4H3/t21-/m0/s1. The van der Waals surface area contributed by atoms with Crippen LogP contribution in [-0.2, 0) is 0 Å². The molecule has 3 rings (SSSR count). The summed E-state index contributed by atoms with van der Waals surface area (Å²) in [5, 5.41) is 20.0. The topological polar surface area (TPSA) is 102 Å². The van der Waals surface area contributed by atoms with Crippen LogP contribution in [0, 0.1) is 17.0 Å². The molecule has 0 spiro atoms. The molecule has 0 aliphatic carbocycles. The second kappa shape index (κ2) is 11.9. The molecule has 1 heterocycles. The average Bonchev–Trinajstić information content (AvgIpc) is 3.17. The van der Waals surface area contributed by atoms with Crippen molar-refractivity contribution < 1.29 is 19.1 Å². The van der Waals surface area contributed by atoms with Crippen molar-refractivity contribution in [3.8, 4) is 22.9 Å². The van der Waals surface area contributed by atoms with Crippen LogP contribution in [-0.4, -0.2) is 46.6 Å². The van der Waals surface area contributed by atoms with E-state index >= 15 is 0 Å². The van der Waals surface area contributed by atoms with Crippen molar-refractivity contribution in [2.24, 2.45) is 0 Å². The molecule has 11 heteroatoms. The zero-order valence-corrected chi connectivity index (χ0v) is 21.5. The van der Waals surface area contributed by atoms with Crippen LogP contribution in [0.4, 0.5) is 0 Å². The van der Waals surface area contributed by atoms with Gasteiger partial charge < -0.3 is 14.2 Å². The van der Waals surface area contributed by atoms with Crippen LogP contribution in [0.5, 0.6) is 17.2 Å². The number of thioether (sulfide) groups is 1. The van der Waals surface area contributed by atoms with E-state index in [0.717, 1.165) is 11.4 Å². The molecule has 9 nitrogen and oxygen atoms in total. The van der Waals surface area contributed by atoms with Gasteiger partial charge in [0.25, 0.3) is 0 Å². The number of nitrogens with zero attached hydrogens (tertiary/aromatic N) is 4. The number of rotatable bonds is 12. The third-order valence-electron chi connectivity index (χ3n) is 4.74. The lowest BCUT2D eigenvalue weighted by Gasteiger charge is -2.18. The number of aromatic nitrogens is 3. The van der Waals surface area contributed by atoms with Gasteiger partial charge in [0, 0.05) is 10.6 Å². The van der Waals surface area contributed by atoms with Crippen LogP contribution in [0.3, 0.4) is 0 Å². The summed E-state index contributed by atoms with van der Waals surface area (Å²) in [7, 11) is 1.60. The van der Waals surface area contributed by atoms with Crippen molar-refractivity contribution in [1.82, 2.24) is 14.8 Å². The van der Waals surface area contributed by atoms with Gasteiger partial charge in [-0.15, -0.1) is 10.2 Å². The van der Waals surface area contributed by atoms with Crippen LogP contribution >= 0.6 is 27.7 Å². The first kappa shape index (κ1) is 25.6. The van der Waals surface area contributed by atoms with Gasteiger partial charge >= 0.3 is 0 Å². The van der Waals surface area contributed by atoms with E-state index in [-0.39, 0.29) is 11.5 Å². The van der Waals surface area contributed by atoms with E-state index in [1.54, 1.807) is 19.3 Å². The Balaban J connectivity index is 2.01. The monoisotopic (exact) mass is 548 g/mol. The number of benzene rings is 2. The first-order valence-electron chi connectivity index (χ1n) is 10.4. The normalized spacial score (nSPS) is 11.6. The predicted molar refractivity (Wildman–Crippen MR) is 134 cm³/mol. The second-order valence-electron chi connectivity index (χ2n) is 7.05. The molecule has 0 unspecified atom stereocenters. The third-order valence-corrected chi connectivity index (χ3v) is 6.51. The molecule has 0 amide bonds. The first-order valence-corrected chi connectivity index (χ1v) is 12.1. The highest BCUT2D eigenvalue weighted by atomic mass is 79.9. The van der Waals surface area contributed by atoms with Gasteiger partial charge in [-0.2, -0.15) is 0 Å². The first-order chi connectivity index (χ1) is 16.4. The number of nitro groups is 1. The minimum absolute atomic E-state index is 0.301. The summed E-state index contributed by atoms with van der Waals surface area (Å²) < 4.78 is 19.2. The maximum Gasteiger partial charge on any atom is 0.220 e. The summed E-state index contributed by atoms with van der Waals surface area (Å²) in [6.45, 7) is 7.77. The van der Waals surface area contributed by atoms with Crippen LogP contribution in [0.25, 0.3) is 5.69 Å². The highest BCUT2D eigenvalue weighted by Gasteiger charge is 2.26. The Morgan fingerprint density at radius 1 is 1.26 bits per heavy atom. The molecule has 0 aliphatic rings. The largest absolute Gasteiger partial charge is 0.497 e. The lowest BCUT2D eigenvalue weighted by Crippen LogP contribution is -2.12. The summed E-state index contributed by atoms with van der Waals surface area (Å²) in [6, 6.07) is 11.0. The average molecular weight is 549 g/mol. The molecular weight excluding hydrogens is 524 g/mol. The maximum atomic E-state index is 11.6. The maximum absolute atomic E-state index is 11.6. The zero-order chi connectivity index (χ0) is 24.7. The van der Waals surface area contributed by atoms with Crippen LogP contribution in [0.2, 0.25) is 0 Å². The van der Waals surface area contributed by atoms with Gasteiger partial charge in [0.1, 0.15) is 23.4 Å². The highest BCUT2D eigenvalue weighted by molar-refractivity contribution is 9.10. The van der Waals surface area contributed by atoms with Crippen molar-refractivity contribution in [1.29, 1.82) is 0 Å². The Labute approximate surface area is 210 Å². The highest BCUT2D eigenvalue weighted by Crippen LogP contribution is 2.43. The summed E-state index contributed by atoms with van der Waals surface area (Å²) >= 11 is 4.79. The Hall–Kier alpha value is -3.05. The summed E-state index contributed by atoms with van der Waals surface area (Å²) in [4.78, 5) is 11.2. The number of ether oxygens (including phenoxy) is 3. The van der Waals surface area contributed by atoms with Gasteiger partial charge in [-0.3, -0.25) is 14.7 Å². The van der Waals surface area contributed by atoms with Gasteiger partial charge in [-0.1, -0.05) is 24.4 Å². The molecule has 1 aromatic heterocycles. The van der Waals surface area contributed by atoms with Crippen molar-refractivity contribution in [3.63, 3.8) is 0 Å². The van der Waals surface area contributed by atoms with Crippen molar-refractivity contribution in [3.05, 3.63) is 75.0 Å². The zero-order valence-electron chi connectivity index (χ0n) is 19.1. The fourth-order valence-corrected chi connectivity index (χ4v) is 4.97. The Bertz CT molecular complexity index is 1150. The second-order valence-corrected chi connectivity index (χ2v) is 9.07. The molecule has 0 saturated heterocycles. The van der Waals surface area contributed by atoms with E-state index in [2.05, 4.69) is 32.7 Å². The van der Waals surface area contributed by atoms with Gasteiger partial charge in [-0.25, -0.2) is 0 Å². The summed E-state index contributed by atoms with van der Waals surface area (Å²) in [5.74, 6) is 2.40. The third kappa shape index (κ3) is 6.09. The van der Waals surface area contributed by atoms with Gasteiger partial charge in [0.15, 0.2) is 16.7 Å². The molecule has 1 atom stereocenters. The molecule has 0 fully saturated rings.